The molecule has 0 aliphatic rings. The summed E-state index contributed by atoms with van der Waals surface area (Å²) in [6.07, 6.45) is 2.13. The van der Waals surface area contributed by atoms with Crippen LogP contribution in [0.25, 0.3) is 0 Å². The number of thiazole rings is 1. The minimum atomic E-state index is -0.586. The molecule has 1 heterocycles. The summed E-state index contributed by atoms with van der Waals surface area (Å²) in [4.78, 5) is 4.30. The van der Waals surface area contributed by atoms with Gasteiger partial charge in [0.2, 0.25) is 0 Å². The average molecular weight is 287 g/mol. The van der Waals surface area contributed by atoms with Gasteiger partial charge in [0.1, 0.15) is 5.01 Å². The number of nitrogens with one attached hydrogen (secondary N) is 1. The van der Waals surface area contributed by atoms with Gasteiger partial charge in [-0.25, -0.2) is 4.98 Å². The Hall–Kier alpha value is -1.74. The summed E-state index contributed by atoms with van der Waals surface area (Å²) < 4.78 is 0. The molecule has 0 aliphatic heterocycles. The smallest absolute Gasteiger partial charge is 0.109 e. The molecule has 2 rings (SSSR count). The maximum absolute atomic E-state index is 10.2. The Kier molecular flexibility index (Phi) is 5.24. The number of aliphatic hydroxyl groups is 1. The van der Waals surface area contributed by atoms with Crippen molar-refractivity contribution in [1.29, 1.82) is 5.26 Å². The molecule has 2 N–H and O–H groups in total. The maximum Gasteiger partial charge on any atom is 0.109 e. The number of aromatic nitrogens is 1. The third kappa shape index (κ3) is 3.64. The molecule has 0 saturated heterocycles. The summed E-state index contributed by atoms with van der Waals surface area (Å²) in [6.45, 7) is 2.55. The number of rotatable bonds is 6. The molecule has 2 atom stereocenters. The Morgan fingerprint density at radius 3 is 2.70 bits per heavy atom. The molecule has 0 saturated carbocycles. The lowest BCUT2D eigenvalue weighted by atomic mass is 10.1. The van der Waals surface area contributed by atoms with Gasteiger partial charge in [-0.3, -0.25) is 0 Å². The van der Waals surface area contributed by atoms with Crippen molar-refractivity contribution in [2.24, 2.45) is 0 Å². The van der Waals surface area contributed by atoms with E-state index in [-0.39, 0.29) is 6.04 Å². The van der Waals surface area contributed by atoms with Gasteiger partial charge in [-0.2, -0.15) is 5.26 Å². The van der Waals surface area contributed by atoms with E-state index in [9.17, 15) is 5.11 Å². The summed E-state index contributed by atoms with van der Waals surface area (Å²) >= 11 is 1.62. The Bertz CT molecular complexity index is 560. The second-order valence-electron chi connectivity index (χ2n) is 4.49. The molecular formula is C15H17N3OS. The van der Waals surface area contributed by atoms with Crippen LogP contribution in [-0.2, 0) is 0 Å². The molecule has 2 aromatic rings. The fourth-order valence-corrected chi connectivity index (χ4v) is 2.76. The van der Waals surface area contributed by atoms with E-state index in [4.69, 9.17) is 5.26 Å². The van der Waals surface area contributed by atoms with Crippen LogP contribution < -0.4 is 5.32 Å². The van der Waals surface area contributed by atoms with Crippen LogP contribution in [0.2, 0.25) is 0 Å². The molecule has 104 valence electrons. The molecule has 0 radical (unpaired) electrons. The maximum atomic E-state index is 10.2. The number of hydrogen-bond acceptors (Lipinski definition) is 5. The minimum Gasteiger partial charge on any atom is -0.387 e. The summed E-state index contributed by atoms with van der Waals surface area (Å²) in [5.41, 5.74) is 1.41. The second-order valence-corrected chi connectivity index (χ2v) is 5.42. The predicted molar refractivity (Wildman–Crippen MR) is 79.3 cm³/mol. The first-order valence-electron chi connectivity index (χ1n) is 6.55. The summed E-state index contributed by atoms with van der Waals surface area (Å²) in [5, 5.41) is 25.2. The SMILES string of the molecule is CCC(NCC(O)c1ccc(C#N)cc1)c1nccs1. The average Bonchev–Trinajstić information content (AvgIpc) is 3.02. The predicted octanol–water partition coefficient (Wildman–Crippen LogP) is 2.79. The van der Waals surface area contributed by atoms with Crippen molar-refractivity contribution >= 4 is 11.3 Å². The van der Waals surface area contributed by atoms with Gasteiger partial charge in [-0.05, 0) is 24.1 Å². The molecule has 20 heavy (non-hydrogen) atoms. The highest BCUT2D eigenvalue weighted by Gasteiger charge is 2.14. The summed E-state index contributed by atoms with van der Waals surface area (Å²) in [5.74, 6) is 0. The highest BCUT2D eigenvalue weighted by molar-refractivity contribution is 7.09. The summed E-state index contributed by atoms with van der Waals surface area (Å²) in [7, 11) is 0. The van der Waals surface area contributed by atoms with E-state index in [0.717, 1.165) is 17.0 Å². The van der Waals surface area contributed by atoms with E-state index in [2.05, 4.69) is 23.3 Å². The highest BCUT2D eigenvalue weighted by atomic mass is 32.1. The molecule has 0 bridgehead atoms. The Morgan fingerprint density at radius 2 is 2.15 bits per heavy atom. The van der Waals surface area contributed by atoms with Crippen LogP contribution in [0.4, 0.5) is 0 Å². The van der Waals surface area contributed by atoms with Crippen LogP contribution in [-0.4, -0.2) is 16.6 Å². The third-order valence-electron chi connectivity index (χ3n) is 3.14. The number of benzene rings is 1. The van der Waals surface area contributed by atoms with Gasteiger partial charge in [-0.1, -0.05) is 19.1 Å². The lowest BCUT2D eigenvalue weighted by Crippen LogP contribution is -2.26. The van der Waals surface area contributed by atoms with Crippen LogP contribution in [0, 0.1) is 11.3 Å². The molecular weight excluding hydrogens is 270 g/mol. The van der Waals surface area contributed by atoms with E-state index in [1.807, 2.05) is 5.38 Å². The number of aliphatic hydroxyl groups excluding tert-OH is 1. The molecule has 4 nitrogen and oxygen atoms in total. The fourth-order valence-electron chi connectivity index (χ4n) is 1.96. The number of nitriles is 1. The van der Waals surface area contributed by atoms with Crippen LogP contribution >= 0.6 is 11.3 Å². The van der Waals surface area contributed by atoms with Crippen molar-refractivity contribution < 1.29 is 5.11 Å². The zero-order valence-corrected chi connectivity index (χ0v) is 12.1. The standard InChI is InChI=1S/C15H17N3OS/c1-2-13(15-17-7-8-20-15)18-10-14(19)12-5-3-11(9-16)4-6-12/h3-8,13-14,18-19H,2,10H2,1H3. The molecule has 2 unspecified atom stereocenters. The Balaban J connectivity index is 1.93. The van der Waals surface area contributed by atoms with Crippen molar-refractivity contribution in [3.63, 3.8) is 0 Å². The van der Waals surface area contributed by atoms with Crippen molar-refractivity contribution in [3.8, 4) is 6.07 Å². The molecule has 0 aliphatic carbocycles. The van der Waals surface area contributed by atoms with Crippen LogP contribution in [0.3, 0.4) is 0 Å². The number of hydrogen-bond donors (Lipinski definition) is 2. The fraction of sp³-hybridized carbons (Fsp3) is 0.333. The summed E-state index contributed by atoms with van der Waals surface area (Å²) in [6, 6.07) is 9.25. The normalized spacial score (nSPS) is 13.7. The van der Waals surface area contributed by atoms with E-state index in [0.29, 0.717) is 12.1 Å². The van der Waals surface area contributed by atoms with Crippen molar-refractivity contribution in [1.82, 2.24) is 10.3 Å². The Labute approximate surface area is 122 Å². The van der Waals surface area contributed by atoms with Crippen molar-refractivity contribution in [2.75, 3.05) is 6.54 Å². The molecule has 1 aromatic heterocycles. The van der Waals surface area contributed by atoms with Crippen LogP contribution in [0.1, 0.15) is 41.6 Å². The van der Waals surface area contributed by atoms with Crippen LogP contribution in [0.15, 0.2) is 35.8 Å². The molecule has 0 fully saturated rings. The van der Waals surface area contributed by atoms with Crippen molar-refractivity contribution in [3.05, 3.63) is 52.0 Å². The first-order chi connectivity index (χ1) is 9.74. The van der Waals surface area contributed by atoms with Gasteiger partial charge < -0.3 is 10.4 Å². The van der Waals surface area contributed by atoms with Gasteiger partial charge in [0.15, 0.2) is 0 Å². The van der Waals surface area contributed by atoms with E-state index < -0.39 is 6.10 Å². The lowest BCUT2D eigenvalue weighted by Gasteiger charge is -2.18. The Morgan fingerprint density at radius 1 is 1.40 bits per heavy atom. The highest BCUT2D eigenvalue weighted by Crippen LogP contribution is 2.20. The number of nitrogens with zero attached hydrogens (tertiary/aromatic N) is 2. The zero-order chi connectivity index (χ0) is 14.4. The first kappa shape index (κ1) is 14.7. The lowest BCUT2D eigenvalue weighted by molar-refractivity contribution is 0.169. The van der Waals surface area contributed by atoms with E-state index in [1.54, 1.807) is 41.8 Å². The third-order valence-corrected chi connectivity index (χ3v) is 4.03. The van der Waals surface area contributed by atoms with E-state index in [1.165, 1.54) is 0 Å². The van der Waals surface area contributed by atoms with E-state index >= 15 is 0 Å². The van der Waals surface area contributed by atoms with Gasteiger partial charge in [0, 0.05) is 18.1 Å². The largest absolute Gasteiger partial charge is 0.387 e. The van der Waals surface area contributed by atoms with Gasteiger partial charge in [-0.15, -0.1) is 11.3 Å². The first-order valence-corrected chi connectivity index (χ1v) is 7.43. The quantitative estimate of drug-likeness (QED) is 0.857. The van der Waals surface area contributed by atoms with Gasteiger partial charge in [0.05, 0.1) is 23.8 Å². The monoisotopic (exact) mass is 287 g/mol. The minimum absolute atomic E-state index is 0.169. The molecule has 5 heteroatoms. The zero-order valence-electron chi connectivity index (χ0n) is 11.3. The second kappa shape index (κ2) is 7.15. The van der Waals surface area contributed by atoms with Gasteiger partial charge in [0.25, 0.3) is 0 Å². The van der Waals surface area contributed by atoms with Crippen molar-refractivity contribution in [2.45, 2.75) is 25.5 Å². The molecule has 0 spiro atoms. The van der Waals surface area contributed by atoms with Crippen LogP contribution in [0.5, 0.6) is 0 Å². The topological polar surface area (TPSA) is 68.9 Å². The molecule has 1 aromatic carbocycles. The van der Waals surface area contributed by atoms with Gasteiger partial charge >= 0.3 is 0 Å². The molecule has 0 amide bonds.